The Labute approximate surface area is 128 Å². The first-order valence-electron chi connectivity index (χ1n) is 6.41. The summed E-state index contributed by atoms with van der Waals surface area (Å²) in [4.78, 5) is 24.1. The first-order valence-corrected chi connectivity index (χ1v) is 7.40. The molecule has 0 unspecified atom stereocenters. The molecule has 1 rings (SSSR count). The van der Waals surface area contributed by atoms with Gasteiger partial charge in [-0.05, 0) is 31.2 Å². The van der Waals surface area contributed by atoms with Crippen molar-refractivity contribution in [2.24, 2.45) is 0 Å². The Morgan fingerprint density at radius 3 is 2.62 bits per heavy atom. The molecule has 0 aliphatic heterocycles. The number of carbonyl (C=O) groups is 2. The SMILES string of the molecule is C=CCNC(=O)[C@@H](C)OC(=O)CSc1ccc(OC)cc1. The van der Waals surface area contributed by atoms with Gasteiger partial charge in [-0.25, -0.2) is 0 Å². The summed E-state index contributed by atoms with van der Waals surface area (Å²) in [6, 6.07) is 7.35. The molecule has 0 aliphatic rings. The van der Waals surface area contributed by atoms with Gasteiger partial charge in [0.05, 0.1) is 12.9 Å². The van der Waals surface area contributed by atoms with Crippen LogP contribution in [0.15, 0.2) is 41.8 Å². The molecule has 1 atom stereocenters. The summed E-state index contributed by atoms with van der Waals surface area (Å²) in [6.45, 7) is 5.38. The second-order valence-corrected chi connectivity index (χ2v) is 5.18. The van der Waals surface area contributed by atoms with Gasteiger partial charge in [-0.1, -0.05) is 6.08 Å². The summed E-state index contributed by atoms with van der Waals surface area (Å²) in [7, 11) is 1.60. The van der Waals surface area contributed by atoms with E-state index in [1.165, 1.54) is 18.7 Å². The van der Waals surface area contributed by atoms with Gasteiger partial charge in [-0.15, -0.1) is 18.3 Å². The summed E-state index contributed by atoms with van der Waals surface area (Å²) >= 11 is 1.34. The van der Waals surface area contributed by atoms with Gasteiger partial charge in [0.25, 0.3) is 5.91 Å². The molecule has 0 heterocycles. The fourth-order valence-electron chi connectivity index (χ4n) is 1.42. The van der Waals surface area contributed by atoms with Crippen LogP contribution in [0.25, 0.3) is 0 Å². The Morgan fingerprint density at radius 1 is 1.38 bits per heavy atom. The highest BCUT2D eigenvalue weighted by Gasteiger charge is 2.16. The summed E-state index contributed by atoms with van der Waals surface area (Å²) in [5.74, 6) is 0.134. The molecular weight excluding hydrogens is 290 g/mol. The predicted molar refractivity (Wildman–Crippen MR) is 82.5 cm³/mol. The van der Waals surface area contributed by atoms with Crippen molar-refractivity contribution in [2.45, 2.75) is 17.9 Å². The van der Waals surface area contributed by atoms with Gasteiger partial charge in [0.1, 0.15) is 5.75 Å². The van der Waals surface area contributed by atoms with Crippen molar-refractivity contribution in [2.75, 3.05) is 19.4 Å². The zero-order valence-electron chi connectivity index (χ0n) is 12.1. The molecule has 0 fully saturated rings. The monoisotopic (exact) mass is 309 g/mol. The van der Waals surface area contributed by atoms with Crippen LogP contribution < -0.4 is 10.1 Å². The van der Waals surface area contributed by atoms with Gasteiger partial charge in [-0.2, -0.15) is 0 Å². The highest BCUT2D eigenvalue weighted by Crippen LogP contribution is 2.21. The lowest BCUT2D eigenvalue weighted by atomic mass is 10.3. The van der Waals surface area contributed by atoms with Gasteiger partial charge in [0.2, 0.25) is 0 Å². The van der Waals surface area contributed by atoms with E-state index >= 15 is 0 Å². The summed E-state index contributed by atoms with van der Waals surface area (Å²) in [6.07, 6.45) is 0.750. The van der Waals surface area contributed by atoms with Crippen LogP contribution >= 0.6 is 11.8 Å². The minimum Gasteiger partial charge on any atom is -0.497 e. The van der Waals surface area contributed by atoms with E-state index in [-0.39, 0.29) is 11.7 Å². The average molecular weight is 309 g/mol. The fraction of sp³-hybridized carbons (Fsp3) is 0.333. The highest BCUT2D eigenvalue weighted by atomic mass is 32.2. The average Bonchev–Trinajstić information content (AvgIpc) is 2.50. The van der Waals surface area contributed by atoms with E-state index in [1.807, 2.05) is 24.3 Å². The molecule has 0 spiro atoms. The Balaban J connectivity index is 2.35. The minimum atomic E-state index is -0.811. The van der Waals surface area contributed by atoms with Crippen LogP contribution in [0.1, 0.15) is 6.92 Å². The Hall–Kier alpha value is -1.95. The lowest BCUT2D eigenvalue weighted by Gasteiger charge is -2.12. The number of thioether (sulfide) groups is 1. The maximum absolute atomic E-state index is 11.7. The summed E-state index contributed by atoms with van der Waals surface area (Å²) < 4.78 is 10.1. The normalized spacial score (nSPS) is 11.3. The number of carbonyl (C=O) groups excluding carboxylic acids is 2. The first kappa shape index (κ1) is 17.1. The van der Waals surface area contributed by atoms with Crippen LogP contribution in [0.2, 0.25) is 0 Å². The zero-order chi connectivity index (χ0) is 15.7. The number of methoxy groups -OCH3 is 1. The van der Waals surface area contributed by atoms with E-state index < -0.39 is 12.1 Å². The minimum absolute atomic E-state index is 0.144. The molecular formula is C15H19NO4S. The largest absolute Gasteiger partial charge is 0.497 e. The van der Waals surface area contributed by atoms with E-state index in [4.69, 9.17) is 9.47 Å². The smallest absolute Gasteiger partial charge is 0.317 e. The first-order chi connectivity index (χ1) is 10.1. The Bertz CT molecular complexity index is 487. The number of rotatable bonds is 8. The van der Waals surface area contributed by atoms with Gasteiger partial charge in [-0.3, -0.25) is 9.59 Å². The zero-order valence-corrected chi connectivity index (χ0v) is 12.9. The molecule has 0 aromatic heterocycles. The van der Waals surface area contributed by atoms with Crippen molar-refractivity contribution >= 4 is 23.6 Å². The number of benzene rings is 1. The number of ether oxygens (including phenoxy) is 2. The molecule has 1 amide bonds. The predicted octanol–water partition coefficient (Wildman–Crippen LogP) is 2.02. The van der Waals surface area contributed by atoms with Crippen molar-refractivity contribution in [3.05, 3.63) is 36.9 Å². The molecule has 0 aliphatic carbocycles. The van der Waals surface area contributed by atoms with E-state index in [1.54, 1.807) is 13.2 Å². The molecule has 0 bridgehead atoms. The standard InChI is InChI=1S/C15H19NO4S/c1-4-9-16-15(18)11(2)20-14(17)10-21-13-7-5-12(19-3)6-8-13/h4-8,11H,1,9-10H2,2-3H3,(H,16,18)/t11-/m1/s1. The van der Waals surface area contributed by atoms with Gasteiger partial charge >= 0.3 is 5.97 Å². The molecule has 0 saturated carbocycles. The Morgan fingerprint density at radius 2 is 2.05 bits per heavy atom. The van der Waals surface area contributed by atoms with Crippen molar-refractivity contribution in [3.8, 4) is 5.75 Å². The number of amides is 1. The van der Waals surface area contributed by atoms with Gasteiger partial charge in [0, 0.05) is 11.4 Å². The number of nitrogens with one attached hydrogen (secondary N) is 1. The van der Waals surface area contributed by atoms with Crippen molar-refractivity contribution < 1.29 is 19.1 Å². The number of esters is 1. The number of hydrogen-bond donors (Lipinski definition) is 1. The van der Waals surface area contributed by atoms with Crippen molar-refractivity contribution in [1.29, 1.82) is 0 Å². The van der Waals surface area contributed by atoms with Crippen LogP contribution in [-0.2, 0) is 14.3 Å². The lowest BCUT2D eigenvalue weighted by Crippen LogP contribution is -2.36. The third-order valence-electron chi connectivity index (χ3n) is 2.51. The third-order valence-corrected chi connectivity index (χ3v) is 3.50. The summed E-state index contributed by atoms with van der Waals surface area (Å²) in [5, 5.41) is 2.57. The molecule has 1 aromatic carbocycles. The maximum Gasteiger partial charge on any atom is 0.317 e. The number of hydrogen-bond acceptors (Lipinski definition) is 5. The molecule has 114 valence electrons. The van der Waals surface area contributed by atoms with Crippen LogP contribution in [0.4, 0.5) is 0 Å². The van der Waals surface area contributed by atoms with Crippen LogP contribution in [0.5, 0.6) is 5.75 Å². The lowest BCUT2D eigenvalue weighted by molar-refractivity contribution is -0.152. The van der Waals surface area contributed by atoms with Crippen molar-refractivity contribution in [3.63, 3.8) is 0 Å². The second kappa shape index (κ2) is 9.07. The quantitative estimate of drug-likeness (QED) is 0.452. The molecule has 5 nitrogen and oxygen atoms in total. The molecule has 1 aromatic rings. The van der Waals surface area contributed by atoms with E-state index in [9.17, 15) is 9.59 Å². The van der Waals surface area contributed by atoms with Crippen LogP contribution in [0, 0.1) is 0 Å². The third kappa shape index (κ3) is 6.35. The van der Waals surface area contributed by atoms with Gasteiger partial charge in [0.15, 0.2) is 6.10 Å². The topological polar surface area (TPSA) is 64.6 Å². The van der Waals surface area contributed by atoms with Gasteiger partial charge < -0.3 is 14.8 Å². The highest BCUT2D eigenvalue weighted by molar-refractivity contribution is 8.00. The van der Waals surface area contributed by atoms with E-state index in [2.05, 4.69) is 11.9 Å². The fourth-order valence-corrected chi connectivity index (χ4v) is 2.10. The second-order valence-electron chi connectivity index (χ2n) is 4.13. The molecule has 21 heavy (non-hydrogen) atoms. The molecule has 0 radical (unpaired) electrons. The Kier molecular flexibility index (Phi) is 7.39. The molecule has 0 saturated heterocycles. The summed E-state index contributed by atoms with van der Waals surface area (Å²) in [5.41, 5.74) is 0. The van der Waals surface area contributed by atoms with Crippen LogP contribution in [-0.4, -0.2) is 37.4 Å². The van der Waals surface area contributed by atoms with Crippen LogP contribution in [0.3, 0.4) is 0 Å². The van der Waals surface area contributed by atoms with Crippen molar-refractivity contribution in [1.82, 2.24) is 5.32 Å². The van der Waals surface area contributed by atoms with E-state index in [0.717, 1.165) is 10.6 Å². The molecule has 6 heteroatoms. The molecule has 1 N–H and O–H groups in total. The maximum atomic E-state index is 11.7. The van der Waals surface area contributed by atoms with E-state index in [0.29, 0.717) is 6.54 Å².